The smallest absolute Gasteiger partial charge is 0.0179 e. The third-order valence-electron chi connectivity index (χ3n) is 4.61. The normalized spacial score (nSPS) is 13.0. The van der Waals surface area contributed by atoms with E-state index in [2.05, 4.69) is 112 Å². The Hall–Kier alpha value is -2.00. The highest BCUT2D eigenvalue weighted by atomic mass is 31.9. The van der Waals surface area contributed by atoms with Gasteiger partial charge in [0.15, 0.2) is 0 Å². The number of hydrogen-bond acceptors (Lipinski definition) is 0. The summed E-state index contributed by atoms with van der Waals surface area (Å²) in [7, 11) is -0.634. The average Bonchev–Trinajstić information content (AvgIpc) is 2.62. The Bertz CT molecular complexity index is 930. The molecule has 0 aliphatic rings. The summed E-state index contributed by atoms with van der Waals surface area (Å²) < 4.78 is 0. The van der Waals surface area contributed by atoms with Gasteiger partial charge in [0.1, 0.15) is 0 Å². The van der Waals surface area contributed by atoms with Crippen molar-refractivity contribution in [1.29, 1.82) is 0 Å². The molecule has 26 heavy (non-hydrogen) atoms. The van der Waals surface area contributed by atoms with Crippen LogP contribution in [-0.4, -0.2) is 0 Å². The molecular weight excluding hydrogens is 350 g/mol. The second-order valence-corrected chi connectivity index (χ2v) is 13.2. The van der Waals surface area contributed by atoms with Crippen LogP contribution in [0.4, 0.5) is 0 Å². The molecule has 2 unspecified atom stereocenters. The minimum atomic E-state index is -0.331. The lowest BCUT2D eigenvalue weighted by Gasteiger charge is -2.36. The van der Waals surface area contributed by atoms with Crippen LogP contribution in [0.5, 0.6) is 0 Å². The lowest BCUT2D eigenvalue weighted by Crippen LogP contribution is -2.13. The molecule has 0 aliphatic carbocycles. The van der Waals surface area contributed by atoms with E-state index in [1.807, 2.05) is 0 Å². The van der Waals surface area contributed by atoms with E-state index in [-0.39, 0.29) is 19.8 Å². The van der Waals surface area contributed by atoms with Gasteiger partial charge in [-0.15, -0.1) is 0 Å². The summed E-state index contributed by atoms with van der Waals surface area (Å²) >= 11 is 0. The molecule has 0 nitrogen and oxygen atoms in total. The Morgan fingerprint density at radius 2 is 0.962 bits per heavy atom. The number of hydrogen-bond donors (Lipinski definition) is 0. The molecule has 4 aromatic rings. The highest BCUT2D eigenvalue weighted by molar-refractivity contribution is 8.18. The van der Waals surface area contributed by atoms with Gasteiger partial charge >= 0.3 is 0 Å². The monoisotopic (exact) mass is 374 g/mol. The van der Waals surface area contributed by atoms with Gasteiger partial charge < -0.3 is 0 Å². The van der Waals surface area contributed by atoms with Crippen LogP contribution in [0.3, 0.4) is 0 Å². The number of rotatable bonds is 3. The van der Waals surface area contributed by atoms with Crippen molar-refractivity contribution in [3.8, 4) is 21.5 Å². The van der Waals surface area contributed by atoms with Crippen LogP contribution in [0.15, 0.2) is 91.0 Å². The minimum Gasteiger partial charge on any atom is -0.0630 e. The molecule has 0 aliphatic heterocycles. The summed E-state index contributed by atoms with van der Waals surface area (Å²) in [6.07, 6.45) is 0. The Labute approximate surface area is 158 Å². The van der Waals surface area contributed by atoms with Crippen LogP contribution in [0.2, 0.25) is 0 Å². The Morgan fingerprint density at radius 1 is 0.538 bits per heavy atom. The van der Waals surface area contributed by atoms with Crippen molar-refractivity contribution in [2.45, 2.75) is 26.2 Å². The van der Waals surface area contributed by atoms with Gasteiger partial charge in [0, 0.05) is 15.9 Å². The van der Waals surface area contributed by atoms with Gasteiger partial charge in [-0.3, -0.25) is 0 Å². The van der Waals surface area contributed by atoms with Gasteiger partial charge in [-0.2, -0.15) is 0 Å². The van der Waals surface area contributed by atoms with Crippen LogP contribution in [0.25, 0.3) is 21.5 Å². The van der Waals surface area contributed by atoms with Crippen LogP contribution in [-0.2, 0) is 5.41 Å². The molecule has 0 radical (unpaired) electrons. The quantitative estimate of drug-likeness (QED) is 0.337. The van der Waals surface area contributed by atoms with E-state index in [1.165, 1.54) is 16.2 Å². The summed E-state index contributed by atoms with van der Waals surface area (Å²) in [5, 5.41) is 6.29. The molecule has 0 amide bonds. The molecule has 0 saturated carbocycles. The molecule has 130 valence electrons. The van der Waals surface area contributed by atoms with E-state index in [0.29, 0.717) is 0 Å². The molecular formula is C24H24P2. The van der Waals surface area contributed by atoms with E-state index in [9.17, 15) is 0 Å². The maximum atomic E-state index is 2.38. The molecule has 0 fully saturated rings. The predicted octanol–water partition coefficient (Wildman–Crippen LogP) is 8.60. The highest BCUT2D eigenvalue weighted by Crippen LogP contribution is 2.77. The van der Waals surface area contributed by atoms with Gasteiger partial charge in [0.2, 0.25) is 0 Å². The standard InChI is InChI=1S/C24H24P2/c1-24(2,3)23-22(19-13-7-4-8-14-19)25(20-15-9-5-10-16-20)26(23)21-17-11-6-12-18-21/h4-18H,1-3H3. The first-order valence-electron chi connectivity index (χ1n) is 9.08. The van der Waals surface area contributed by atoms with Crippen molar-refractivity contribution < 1.29 is 0 Å². The van der Waals surface area contributed by atoms with Gasteiger partial charge in [-0.25, -0.2) is 0 Å². The van der Waals surface area contributed by atoms with Gasteiger partial charge in [0.05, 0.1) is 0 Å². The zero-order chi connectivity index (χ0) is 18.1. The average molecular weight is 374 g/mol. The van der Waals surface area contributed by atoms with E-state index in [4.69, 9.17) is 0 Å². The summed E-state index contributed by atoms with van der Waals surface area (Å²) in [4.78, 5) is 0. The zero-order valence-electron chi connectivity index (χ0n) is 15.6. The van der Waals surface area contributed by atoms with E-state index >= 15 is 0 Å². The van der Waals surface area contributed by atoms with Crippen molar-refractivity contribution in [2.75, 3.05) is 0 Å². The fourth-order valence-corrected chi connectivity index (χ4v) is 12.8. The second-order valence-electron chi connectivity index (χ2n) is 7.61. The first-order valence-corrected chi connectivity index (χ1v) is 12.5. The molecule has 0 N–H and O–H groups in total. The third kappa shape index (κ3) is 3.09. The molecule has 3 aromatic carbocycles. The molecule has 4 rings (SSSR count). The molecule has 2 atom stereocenters. The minimum absolute atomic E-state index is 0.181. The van der Waals surface area contributed by atoms with Gasteiger partial charge in [0.25, 0.3) is 0 Å². The maximum Gasteiger partial charge on any atom is 0.0179 e. The Balaban J connectivity index is 2.05. The zero-order valence-corrected chi connectivity index (χ0v) is 17.3. The van der Waals surface area contributed by atoms with E-state index in [0.717, 1.165) is 0 Å². The third-order valence-corrected chi connectivity index (χ3v) is 12.8. The van der Waals surface area contributed by atoms with Crippen molar-refractivity contribution >= 4 is 14.4 Å². The topological polar surface area (TPSA) is 0 Å². The van der Waals surface area contributed by atoms with Gasteiger partial charge in [-0.05, 0) is 16.3 Å². The van der Waals surface area contributed by atoms with Crippen LogP contribution >= 0.6 is 14.4 Å². The Kier molecular flexibility index (Phi) is 4.66. The second kappa shape index (κ2) is 6.96. The SMILES string of the molecule is CC(C)(C)c1c(-c2ccccc2)p(-c2ccccc2)p1-c1ccccc1. The fraction of sp³-hybridized carbons (Fsp3) is 0.167. The summed E-state index contributed by atoms with van der Waals surface area (Å²) in [6, 6.07) is 33.4. The first kappa shape index (κ1) is 17.4. The largest absolute Gasteiger partial charge is 0.0630 e. The molecule has 0 bridgehead atoms. The fourth-order valence-electron chi connectivity index (χ4n) is 3.51. The van der Waals surface area contributed by atoms with Crippen molar-refractivity contribution in [3.05, 3.63) is 96.3 Å². The first-order chi connectivity index (χ1) is 12.6. The highest BCUT2D eigenvalue weighted by Gasteiger charge is 2.33. The molecule has 0 saturated heterocycles. The van der Waals surface area contributed by atoms with Crippen molar-refractivity contribution in [3.63, 3.8) is 0 Å². The molecule has 1 aromatic heterocycles. The maximum absolute atomic E-state index is 2.38. The Morgan fingerprint density at radius 3 is 1.42 bits per heavy atom. The van der Waals surface area contributed by atoms with Gasteiger partial charge in [-0.1, -0.05) is 126 Å². The number of benzene rings is 3. The van der Waals surface area contributed by atoms with Crippen LogP contribution in [0, 0.1) is 0 Å². The molecule has 2 heteroatoms. The molecule has 0 spiro atoms. The van der Waals surface area contributed by atoms with Crippen molar-refractivity contribution in [2.24, 2.45) is 0 Å². The van der Waals surface area contributed by atoms with Crippen LogP contribution < -0.4 is 0 Å². The summed E-state index contributed by atoms with van der Waals surface area (Å²) in [5.41, 5.74) is 1.59. The lowest BCUT2D eigenvalue weighted by atomic mass is 9.92. The predicted molar refractivity (Wildman–Crippen MR) is 119 cm³/mol. The van der Waals surface area contributed by atoms with E-state index in [1.54, 1.807) is 10.6 Å². The van der Waals surface area contributed by atoms with E-state index < -0.39 is 0 Å². The van der Waals surface area contributed by atoms with Crippen molar-refractivity contribution in [1.82, 2.24) is 0 Å². The summed E-state index contributed by atoms with van der Waals surface area (Å²) in [5.74, 6) is 0. The van der Waals surface area contributed by atoms with Crippen LogP contribution in [0.1, 0.15) is 26.1 Å². The summed E-state index contributed by atoms with van der Waals surface area (Å²) in [6.45, 7) is 7.13. The molecule has 1 heterocycles. The lowest BCUT2D eigenvalue weighted by molar-refractivity contribution is 0.605.